The molecule has 1 aliphatic carbocycles. The van der Waals surface area contributed by atoms with Crippen LogP contribution in [-0.2, 0) is 16.1 Å². The zero-order chi connectivity index (χ0) is 15.1. The van der Waals surface area contributed by atoms with E-state index in [9.17, 15) is 9.59 Å². The van der Waals surface area contributed by atoms with Gasteiger partial charge in [-0.05, 0) is 29.2 Å². The third-order valence-corrected chi connectivity index (χ3v) is 4.81. The van der Waals surface area contributed by atoms with Crippen molar-refractivity contribution in [3.05, 3.63) is 60.2 Å². The van der Waals surface area contributed by atoms with Crippen molar-refractivity contribution < 1.29 is 9.59 Å². The second-order valence-corrected chi connectivity index (χ2v) is 6.06. The molecule has 0 N–H and O–H groups in total. The number of amides is 2. The van der Waals surface area contributed by atoms with E-state index >= 15 is 0 Å². The highest BCUT2D eigenvalue weighted by Gasteiger charge is 2.46. The summed E-state index contributed by atoms with van der Waals surface area (Å²) in [7, 11) is 0. The van der Waals surface area contributed by atoms with Gasteiger partial charge in [-0.25, -0.2) is 0 Å². The summed E-state index contributed by atoms with van der Waals surface area (Å²) in [5, 5.41) is 2.25. The molecule has 4 rings (SSSR count). The fraction of sp³-hybridized carbons (Fsp3) is 0.263. The van der Waals surface area contributed by atoms with Crippen molar-refractivity contribution >= 4 is 22.6 Å². The molecule has 1 heterocycles. The van der Waals surface area contributed by atoms with Crippen molar-refractivity contribution in [3.63, 3.8) is 0 Å². The van der Waals surface area contributed by atoms with E-state index in [-0.39, 0.29) is 23.7 Å². The van der Waals surface area contributed by atoms with E-state index in [4.69, 9.17) is 0 Å². The summed E-state index contributed by atoms with van der Waals surface area (Å²) in [4.78, 5) is 26.6. The van der Waals surface area contributed by atoms with Crippen LogP contribution in [0.1, 0.15) is 18.4 Å². The molecule has 0 unspecified atom stereocenters. The fourth-order valence-electron chi connectivity index (χ4n) is 3.63. The number of hydrogen-bond acceptors (Lipinski definition) is 2. The maximum absolute atomic E-state index is 12.6. The molecule has 2 aliphatic rings. The first-order chi connectivity index (χ1) is 10.8. The van der Waals surface area contributed by atoms with E-state index < -0.39 is 0 Å². The molecule has 2 amide bonds. The summed E-state index contributed by atoms with van der Waals surface area (Å²) in [6, 6.07) is 14.1. The molecule has 1 saturated heterocycles. The van der Waals surface area contributed by atoms with Gasteiger partial charge in [0.05, 0.1) is 18.4 Å². The lowest BCUT2D eigenvalue weighted by molar-refractivity contribution is -0.140. The van der Waals surface area contributed by atoms with Gasteiger partial charge in [0, 0.05) is 0 Å². The minimum absolute atomic E-state index is 0.00714. The monoisotopic (exact) mass is 291 g/mol. The Hall–Kier alpha value is -2.42. The summed E-state index contributed by atoms with van der Waals surface area (Å²) >= 11 is 0. The zero-order valence-corrected chi connectivity index (χ0v) is 12.2. The number of hydrogen-bond donors (Lipinski definition) is 0. The molecule has 22 heavy (non-hydrogen) atoms. The van der Waals surface area contributed by atoms with Crippen LogP contribution in [0.4, 0.5) is 0 Å². The molecular formula is C19H17NO2. The minimum Gasteiger partial charge on any atom is -0.278 e. The second kappa shape index (κ2) is 5.09. The first-order valence-electron chi connectivity index (χ1n) is 7.72. The summed E-state index contributed by atoms with van der Waals surface area (Å²) in [5.41, 5.74) is 1.03. The number of carbonyl (C=O) groups is 2. The van der Waals surface area contributed by atoms with E-state index in [1.807, 2.05) is 42.5 Å². The van der Waals surface area contributed by atoms with Gasteiger partial charge in [0.2, 0.25) is 11.8 Å². The van der Waals surface area contributed by atoms with E-state index in [2.05, 4.69) is 12.1 Å². The zero-order valence-electron chi connectivity index (χ0n) is 12.2. The maximum atomic E-state index is 12.6. The molecule has 1 aliphatic heterocycles. The molecule has 0 radical (unpaired) electrons. The number of rotatable bonds is 2. The van der Waals surface area contributed by atoms with Crippen LogP contribution >= 0.6 is 0 Å². The molecule has 0 saturated carbocycles. The van der Waals surface area contributed by atoms with Crippen LogP contribution in [0.5, 0.6) is 0 Å². The largest absolute Gasteiger partial charge is 0.278 e. The Labute approximate surface area is 129 Å². The van der Waals surface area contributed by atoms with Crippen LogP contribution in [-0.4, -0.2) is 16.7 Å². The third-order valence-electron chi connectivity index (χ3n) is 4.81. The first-order valence-corrected chi connectivity index (χ1v) is 7.72. The van der Waals surface area contributed by atoms with Gasteiger partial charge in [0.15, 0.2) is 0 Å². The lowest BCUT2D eigenvalue weighted by Gasteiger charge is -2.16. The second-order valence-electron chi connectivity index (χ2n) is 6.06. The molecule has 0 bridgehead atoms. The average Bonchev–Trinajstić information content (AvgIpc) is 2.81. The van der Waals surface area contributed by atoms with Crippen molar-refractivity contribution in [1.29, 1.82) is 0 Å². The van der Waals surface area contributed by atoms with Gasteiger partial charge in [-0.2, -0.15) is 0 Å². The predicted molar refractivity (Wildman–Crippen MR) is 84.9 cm³/mol. The molecule has 1 fully saturated rings. The summed E-state index contributed by atoms with van der Waals surface area (Å²) in [5.74, 6) is -0.306. The van der Waals surface area contributed by atoms with Gasteiger partial charge in [-0.1, -0.05) is 54.6 Å². The van der Waals surface area contributed by atoms with Gasteiger partial charge in [-0.3, -0.25) is 14.5 Å². The lowest BCUT2D eigenvalue weighted by Crippen LogP contribution is -2.30. The van der Waals surface area contributed by atoms with Gasteiger partial charge in [-0.15, -0.1) is 0 Å². The Morgan fingerprint density at radius 1 is 0.864 bits per heavy atom. The first kappa shape index (κ1) is 13.3. The standard InChI is InChI=1S/C19H17NO2/c21-18-16-10-3-4-11-17(16)19(22)20(18)12-14-8-5-7-13-6-1-2-9-15(13)14/h1-9,16-17H,10-12H2/t16-,17+. The highest BCUT2D eigenvalue weighted by Crippen LogP contribution is 2.36. The minimum atomic E-state index is -0.146. The van der Waals surface area contributed by atoms with Crippen LogP contribution in [0.25, 0.3) is 10.8 Å². The van der Waals surface area contributed by atoms with Gasteiger partial charge >= 0.3 is 0 Å². The van der Waals surface area contributed by atoms with E-state index in [1.54, 1.807) is 0 Å². The highest BCUT2D eigenvalue weighted by molar-refractivity contribution is 6.05. The smallest absolute Gasteiger partial charge is 0.233 e. The van der Waals surface area contributed by atoms with Crippen LogP contribution in [0, 0.1) is 11.8 Å². The number of allylic oxidation sites excluding steroid dienone is 2. The Morgan fingerprint density at radius 2 is 1.50 bits per heavy atom. The van der Waals surface area contributed by atoms with Gasteiger partial charge in [0.25, 0.3) is 0 Å². The van der Waals surface area contributed by atoms with Crippen molar-refractivity contribution in [2.45, 2.75) is 19.4 Å². The highest BCUT2D eigenvalue weighted by atomic mass is 16.2. The van der Waals surface area contributed by atoms with Crippen LogP contribution < -0.4 is 0 Å². The number of nitrogens with zero attached hydrogens (tertiary/aromatic N) is 1. The molecule has 3 nitrogen and oxygen atoms in total. The maximum Gasteiger partial charge on any atom is 0.233 e. The Bertz CT molecular complexity index is 762. The third kappa shape index (κ3) is 1.97. The number of fused-ring (bicyclic) bond motifs is 2. The van der Waals surface area contributed by atoms with E-state index in [0.29, 0.717) is 19.4 Å². The number of imide groups is 1. The molecule has 0 spiro atoms. The quantitative estimate of drug-likeness (QED) is 0.629. The van der Waals surface area contributed by atoms with Crippen LogP contribution in [0.15, 0.2) is 54.6 Å². The van der Waals surface area contributed by atoms with Crippen molar-refractivity contribution in [3.8, 4) is 0 Å². The van der Waals surface area contributed by atoms with E-state index in [1.165, 1.54) is 4.90 Å². The SMILES string of the molecule is O=C1[C@H]2CC=CC[C@H]2C(=O)N1Cc1cccc2ccccc12. The lowest BCUT2D eigenvalue weighted by atomic mass is 9.85. The molecule has 2 aromatic carbocycles. The topological polar surface area (TPSA) is 37.4 Å². The van der Waals surface area contributed by atoms with Crippen LogP contribution in [0.3, 0.4) is 0 Å². The van der Waals surface area contributed by atoms with Gasteiger partial charge < -0.3 is 0 Å². The summed E-state index contributed by atoms with van der Waals surface area (Å²) in [6.07, 6.45) is 5.43. The predicted octanol–water partition coefficient (Wildman–Crippen LogP) is 3.29. The van der Waals surface area contributed by atoms with Gasteiger partial charge in [0.1, 0.15) is 0 Å². The average molecular weight is 291 g/mol. The molecule has 110 valence electrons. The Morgan fingerprint density at radius 3 is 2.23 bits per heavy atom. The normalized spacial score (nSPS) is 24.1. The summed E-state index contributed by atoms with van der Waals surface area (Å²) < 4.78 is 0. The van der Waals surface area contributed by atoms with Crippen molar-refractivity contribution in [2.24, 2.45) is 11.8 Å². The molecular weight excluding hydrogens is 274 g/mol. The Kier molecular flexibility index (Phi) is 3.07. The molecule has 2 atom stereocenters. The summed E-state index contributed by atoms with van der Waals surface area (Å²) in [6.45, 7) is 0.381. The van der Waals surface area contributed by atoms with Crippen LogP contribution in [0.2, 0.25) is 0 Å². The molecule has 2 aromatic rings. The van der Waals surface area contributed by atoms with Crippen molar-refractivity contribution in [2.75, 3.05) is 0 Å². The van der Waals surface area contributed by atoms with E-state index in [0.717, 1.165) is 16.3 Å². The number of carbonyl (C=O) groups excluding carboxylic acids is 2. The van der Waals surface area contributed by atoms with Crippen molar-refractivity contribution in [1.82, 2.24) is 4.90 Å². The molecule has 0 aromatic heterocycles. The number of benzene rings is 2. The number of likely N-dealkylation sites (tertiary alicyclic amines) is 1. The molecule has 3 heteroatoms. The Balaban J connectivity index is 1.68. The fourth-order valence-corrected chi connectivity index (χ4v) is 3.63.